The second-order valence-corrected chi connectivity index (χ2v) is 10.5. The van der Waals surface area contributed by atoms with E-state index in [2.05, 4.69) is 42.3 Å². The van der Waals surface area contributed by atoms with Crippen LogP contribution in [-0.4, -0.2) is 75.7 Å². The zero-order valence-corrected chi connectivity index (χ0v) is 21.1. The topological polar surface area (TPSA) is 77.0 Å². The molecule has 0 spiro atoms. The maximum absolute atomic E-state index is 12.2. The van der Waals surface area contributed by atoms with E-state index in [1.165, 1.54) is 11.3 Å². The number of piperazine rings is 1. The molecule has 3 rings (SSSR count). The van der Waals surface area contributed by atoms with Crippen LogP contribution < -0.4 is 10.0 Å². The summed E-state index contributed by atoms with van der Waals surface area (Å²) in [5, 5.41) is 5.43. The van der Waals surface area contributed by atoms with Crippen molar-refractivity contribution in [3.63, 3.8) is 0 Å². The van der Waals surface area contributed by atoms with E-state index in [0.29, 0.717) is 12.5 Å². The molecule has 2 aliphatic rings. The van der Waals surface area contributed by atoms with Crippen molar-refractivity contribution >= 4 is 51.3 Å². The number of thiophene rings is 1. The third-order valence-corrected chi connectivity index (χ3v) is 7.59. The predicted octanol–water partition coefficient (Wildman–Crippen LogP) is 2.17. The fraction of sp³-hybridized carbons (Fsp3) is 0.737. The number of halogens is 1. The Kier molecular flexibility index (Phi) is 10.6. The maximum Gasteiger partial charge on any atom is 0.213 e. The van der Waals surface area contributed by atoms with Crippen molar-refractivity contribution in [1.29, 1.82) is 0 Å². The number of nitrogens with one attached hydrogen (secondary N) is 2. The van der Waals surface area contributed by atoms with Crippen LogP contribution in [0.25, 0.3) is 0 Å². The van der Waals surface area contributed by atoms with E-state index in [0.717, 1.165) is 58.1 Å². The molecule has 2 fully saturated rings. The van der Waals surface area contributed by atoms with Crippen molar-refractivity contribution in [3.05, 3.63) is 22.4 Å². The molecule has 2 N–H and O–H groups in total. The summed E-state index contributed by atoms with van der Waals surface area (Å²) in [6, 6.07) is 4.28. The molecule has 0 bridgehead atoms. The molecule has 0 aromatic carbocycles. The van der Waals surface area contributed by atoms with E-state index in [-0.39, 0.29) is 36.3 Å². The Labute approximate surface area is 196 Å². The lowest BCUT2D eigenvalue weighted by atomic mass is 9.86. The van der Waals surface area contributed by atoms with Crippen LogP contribution in [-0.2, 0) is 16.6 Å². The van der Waals surface area contributed by atoms with Crippen molar-refractivity contribution < 1.29 is 8.42 Å². The van der Waals surface area contributed by atoms with E-state index in [1.54, 1.807) is 11.3 Å². The molecule has 1 aliphatic heterocycles. The molecular formula is C19H34IN5O2S2. The molecule has 0 radical (unpaired) electrons. The first-order chi connectivity index (χ1) is 13.6. The molecule has 1 aromatic heterocycles. The number of hydrogen-bond acceptors (Lipinski definition) is 5. The first kappa shape index (κ1) is 24.8. The van der Waals surface area contributed by atoms with Crippen LogP contribution in [0.15, 0.2) is 22.5 Å². The SMILES string of the molecule is CCNC(=NCCS(=O)(=O)NCC1CCC1)N1CCN(Cc2cccs2)CC1.I. The molecule has 2 heterocycles. The van der Waals surface area contributed by atoms with Crippen molar-refractivity contribution in [2.45, 2.75) is 32.7 Å². The van der Waals surface area contributed by atoms with Crippen LogP contribution in [0, 0.1) is 5.92 Å². The van der Waals surface area contributed by atoms with Gasteiger partial charge in [0.15, 0.2) is 5.96 Å². The Morgan fingerprint density at radius 2 is 2.03 bits per heavy atom. The standard InChI is InChI=1S/C19H33N5O2S2.HI/c1-2-20-19(21-8-14-28(25,26)22-15-17-5-3-6-17)24-11-9-23(10-12-24)16-18-7-4-13-27-18;/h4,7,13,17,22H,2-3,5-6,8-12,14-16H2,1H3,(H,20,21);1H. The van der Waals surface area contributed by atoms with Crippen LogP contribution >= 0.6 is 35.3 Å². The zero-order valence-electron chi connectivity index (χ0n) is 17.2. The number of sulfonamides is 1. The summed E-state index contributed by atoms with van der Waals surface area (Å²) in [5.41, 5.74) is 0. The van der Waals surface area contributed by atoms with E-state index >= 15 is 0 Å². The van der Waals surface area contributed by atoms with Crippen LogP contribution in [0.2, 0.25) is 0 Å². The molecule has 29 heavy (non-hydrogen) atoms. The number of hydrogen-bond donors (Lipinski definition) is 2. The molecule has 1 aliphatic carbocycles. The highest BCUT2D eigenvalue weighted by Gasteiger charge is 2.21. The highest BCUT2D eigenvalue weighted by molar-refractivity contribution is 14.0. The van der Waals surface area contributed by atoms with Gasteiger partial charge in [-0.1, -0.05) is 12.5 Å². The highest BCUT2D eigenvalue weighted by atomic mass is 127. The zero-order chi connectivity index (χ0) is 19.8. The minimum absolute atomic E-state index is 0. The van der Waals surface area contributed by atoms with Gasteiger partial charge >= 0.3 is 0 Å². The van der Waals surface area contributed by atoms with Gasteiger partial charge in [-0.25, -0.2) is 13.1 Å². The Morgan fingerprint density at radius 1 is 1.28 bits per heavy atom. The molecule has 0 atom stereocenters. The number of aliphatic imine (C=N–C) groups is 1. The predicted molar refractivity (Wildman–Crippen MR) is 132 cm³/mol. The largest absolute Gasteiger partial charge is 0.357 e. The minimum atomic E-state index is -3.24. The molecule has 10 heteroatoms. The van der Waals surface area contributed by atoms with E-state index in [9.17, 15) is 8.42 Å². The van der Waals surface area contributed by atoms with Crippen LogP contribution in [0.5, 0.6) is 0 Å². The van der Waals surface area contributed by atoms with Gasteiger partial charge < -0.3 is 10.2 Å². The number of guanidine groups is 1. The lowest BCUT2D eigenvalue weighted by Crippen LogP contribution is -2.52. The van der Waals surface area contributed by atoms with Gasteiger partial charge in [0.05, 0.1) is 12.3 Å². The smallest absolute Gasteiger partial charge is 0.213 e. The number of nitrogens with zero attached hydrogens (tertiary/aromatic N) is 3. The Morgan fingerprint density at radius 3 is 2.62 bits per heavy atom. The first-order valence-electron chi connectivity index (χ1n) is 10.3. The molecule has 1 saturated carbocycles. The molecule has 7 nitrogen and oxygen atoms in total. The molecule has 0 amide bonds. The summed E-state index contributed by atoms with van der Waals surface area (Å²) in [6.07, 6.45) is 3.51. The van der Waals surface area contributed by atoms with Crippen LogP contribution in [0.4, 0.5) is 0 Å². The average Bonchev–Trinajstić information content (AvgIpc) is 3.13. The Hall–Kier alpha value is -0.430. The average molecular weight is 556 g/mol. The van der Waals surface area contributed by atoms with Gasteiger partial charge in [0.2, 0.25) is 10.0 Å². The molecular weight excluding hydrogens is 521 g/mol. The number of rotatable bonds is 9. The monoisotopic (exact) mass is 555 g/mol. The fourth-order valence-electron chi connectivity index (χ4n) is 3.45. The van der Waals surface area contributed by atoms with Gasteiger partial charge in [-0.3, -0.25) is 9.89 Å². The second-order valence-electron chi connectivity index (χ2n) is 7.54. The summed E-state index contributed by atoms with van der Waals surface area (Å²) >= 11 is 1.80. The molecule has 1 saturated heterocycles. The fourth-order valence-corrected chi connectivity index (χ4v) is 5.16. The van der Waals surface area contributed by atoms with Gasteiger partial charge in [0, 0.05) is 50.7 Å². The van der Waals surface area contributed by atoms with E-state index < -0.39 is 10.0 Å². The molecule has 166 valence electrons. The molecule has 1 aromatic rings. The van der Waals surface area contributed by atoms with Crippen molar-refractivity contribution in [2.24, 2.45) is 10.9 Å². The van der Waals surface area contributed by atoms with Crippen molar-refractivity contribution in [2.75, 3.05) is 51.6 Å². The summed E-state index contributed by atoms with van der Waals surface area (Å²) in [4.78, 5) is 10.7. The summed E-state index contributed by atoms with van der Waals surface area (Å²) < 4.78 is 27.1. The highest BCUT2D eigenvalue weighted by Crippen LogP contribution is 2.25. The quantitative estimate of drug-likeness (QED) is 0.278. The summed E-state index contributed by atoms with van der Waals surface area (Å²) in [6.45, 7) is 8.49. The minimum Gasteiger partial charge on any atom is -0.357 e. The van der Waals surface area contributed by atoms with Gasteiger partial charge in [-0.2, -0.15) is 0 Å². The Balaban J connectivity index is 0.00000300. The van der Waals surface area contributed by atoms with Gasteiger partial charge in [-0.05, 0) is 37.1 Å². The van der Waals surface area contributed by atoms with E-state index in [4.69, 9.17) is 0 Å². The summed E-state index contributed by atoms with van der Waals surface area (Å²) in [7, 11) is -3.24. The Bertz CT molecular complexity index is 715. The first-order valence-corrected chi connectivity index (χ1v) is 12.8. The van der Waals surface area contributed by atoms with Gasteiger partial charge in [0.1, 0.15) is 0 Å². The summed E-state index contributed by atoms with van der Waals surface area (Å²) in [5.74, 6) is 1.40. The van der Waals surface area contributed by atoms with E-state index in [1.807, 2.05) is 6.92 Å². The second kappa shape index (κ2) is 12.4. The van der Waals surface area contributed by atoms with Crippen molar-refractivity contribution in [3.8, 4) is 0 Å². The third kappa shape index (κ3) is 8.31. The lowest BCUT2D eigenvalue weighted by Gasteiger charge is -2.36. The molecule has 0 unspecified atom stereocenters. The van der Waals surface area contributed by atoms with Crippen molar-refractivity contribution in [1.82, 2.24) is 19.8 Å². The van der Waals surface area contributed by atoms with Crippen LogP contribution in [0.3, 0.4) is 0 Å². The third-order valence-electron chi connectivity index (χ3n) is 5.40. The van der Waals surface area contributed by atoms with Gasteiger partial charge in [0.25, 0.3) is 0 Å². The van der Waals surface area contributed by atoms with Crippen LogP contribution in [0.1, 0.15) is 31.1 Å². The van der Waals surface area contributed by atoms with Gasteiger partial charge in [-0.15, -0.1) is 35.3 Å². The lowest BCUT2D eigenvalue weighted by molar-refractivity contribution is 0.174. The maximum atomic E-state index is 12.2. The normalized spacial score (nSPS) is 18.9.